The lowest BCUT2D eigenvalue weighted by Crippen LogP contribution is -2.38. The molecule has 1 aliphatic rings. The summed E-state index contributed by atoms with van der Waals surface area (Å²) in [7, 11) is -2.56. The standard InChI is InChI=1S/C21H26N6O4S2/c1-12-17(27-20(24-12)32-19(25-27)21(2,3)11-22)13-9-16(18(31-4)23-10-13)33(29,30)26-14-5-7-15(28)8-6-14/h9-10,14-15,26,28H,5-8H2,1-4H3/t14-,15+. The fraction of sp³-hybridized carbons (Fsp3) is 0.524. The quantitative estimate of drug-likeness (QED) is 0.537. The van der Waals surface area contributed by atoms with Crippen LogP contribution in [0.2, 0.25) is 0 Å². The van der Waals surface area contributed by atoms with Crippen LogP contribution in [0.1, 0.15) is 50.2 Å². The van der Waals surface area contributed by atoms with Gasteiger partial charge in [0, 0.05) is 17.8 Å². The summed E-state index contributed by atoms with van der Waals surface area (Å²) in [6.07, 6.45) is 3.39. The molecule has 1 saturated carbocycles. The Morgan fingerprint density at radius 3 is 2.67 bits per heavy atom. The highest BCUT2D eigenvalue weighted by molar-refractivity contribution is 7.89. The number of hydrogen-bond acceptors (Lipinski definition) is 9. The van der Waals surface area contributed by atoms with Gasteiger partial charge in [-0.2, -0.15) is 10.4 Å². The van der Waals surface area contributed by atoms with Gasteiger partial charge in [0.05, 0.1) is 30.7 Å². The fourth-order valence-corrected chi connectivity index (χ4v) is 6.31. The topological polar surface area (TPSA) is 142 Å². The third-order valence-electron chi connectivity index (χ3n) is 5.79. The van der Waals surface area contributed by atoms with Gasteiger partial charge in [0.2, 0.25) is 20.9 Å². The van der Waals surface area contributed by atoms with Crippen molar-refractivity contribution in [1.82, 2.24) is 24.3 Å². The average molecular weight is 491 g/mol. The van der Waals surface area contributed by atoms with E-state index in [1.165, 1.54) is 30.7 Å². The number of nitrogens with one attached hydrogen (secondary N) is 1. The molecule has 12 heteroatoms. The van der Waals surface area contributed by atoms with Crippen molar-refractivity contribution >= 4 is 26.3 Å². The van der Waals surface area contributed by atoms with Crippen molar-refractivity contribution < 1.29 is 18.3 Å². The summed E-state index contributed by atoms with van der Waals surface area (Å²) in [6, 6.07) is 3.49. The Hall–Kier alpha value is -2.59. The monoisotopic (exact) mass is 490 g/mol. The van der Waals surface area contributed by atoms with E-state index in [1.54, 1.807) is 18.4 Å². The first-order valence-corrected chi connectivity index (χ1v) is 12.9. The molecule has 0 atom stereocenters. The van der Waals surface area contributed by atoms with E-state index in [9.17, 15) is 18.8 Å². The van der Waals surface area contributed by atoms with Crippen molar-refractivity contribution in [3.63, 3.8) is 0 Å². The van der Waals surface area contributed by atoms with E-state index in [0.717, 1.165) is 0 Å². The number of aryl methyl sites for hydroxylation is 1. The second-order valence-corrected chi connectivity index (χ2v) is 11.4. The molecular weight excluding hydrogens is 464 g/mol. The minimum absolute atomic E-state index is 0.00918. The van der Waals surface area contributed by atoms with Gasteiger partial charge in [-0.15, -0.1) is 0 Å². The molecule has 4 rings (SSSR count). The van der Waals surface area contributed by atoms with E-state index in [2.05, 4.69) is 25.9 Å². The van der Waals surface area contributed by atoms with Crippen molar-refractivity contribution in [3.05, 3.63) is 23.0 Å². The summed E-state index contributed by atoms with van der Waals surface area (Å²) >= 11 is 1.32. The minimum Gasteiger partial charge on any atom is -0.480 e. The molecule has 0 spiro atoms. The normalized spacial score (nSPS) is 19.5. The maximum absolute atomic E-state index is 13.2. The van der Waals surface area contributed by atoms with Crippen LogP contribution in [0, 0.1) is 18.3 Å². The van der Waals surface area contributed by atoms with Gasteiger partial charge >= 0.3 is 0 Å². The molecule has 3 aromatic heterocycles. The Labute approximate surface area is 196 Å². The number of methoxy groups -OCH3 is 1. The fourth-order valence-electron chi connectivity index (χ4n) is 3.86. The van der Waals surface area contributed by atoms with Gasteiger partial charge in [-0.25, -0.2) is 27.6 Å². The van der Waals surface area contributed by atoms with E-state index < -0.39 is 15.4 Å². The van der Waals surface area contributed by atoms with Crippen molar-refractivity contribution in [2.45, 2.75) is 68.9 Å². The van der Waals surface area contributed by atoms with Crippen LogP contribution in [-0.4, -0.2) is 52.4 Å². The molecule has 1 fully saturated rings. The number of imidazole rings is 1. The summed E-state index contributed by atoms with van der Waals surface area (Å²) in [6.45, 7) is 5.39. The Kier molecular flexibility index (Phi) is 6.17. The van der Waals surface area contributed by atoms with E-state index >= 15 is 0 Å². The Morgan fingerprint density at radius 1 is 1.33 bits per heavy atom. The molecule has 176 valence electrons. The van der Waals surface area contributed by atoms with E-state index in [0.29, 0.717) is 52.6 Å². The zero-order valence-electron chi connectivity index (χ0n) is 18.9. The maximum atomic E-state index is 13.2. The predicted octanol–water partition coefficient (Wildman–Crippen LogP) is 2.55. The van der Waals surface area contributed by atoms with E-state index in [1.807, 2.05) is 6.92 Å². The Morgan fingerprint density at radius 2 is 2.03 bits per heavy atom. The highest BCUT2D eigenvalue weighted by Gasteiger charge is 2.30. The number of aliphatic hydroxyl groups excluding tert-OH is 1. The third kappa shape index (κ3) is 4.46. The second kappa shape index (κ2) is 8.64. The zero-order chi connectivity index (χ0) is 24.0. The lowest BCUT2D eigenvalue weighted by Gasteiger charge is -2.26. The number of aromatic nitrogens is 4. The lowest BCUT2D eigenvalue weighted by molar-refractivity contribution is 0.120. The van der Waals surface area contributed by atoms with Crippen LogP contribution >= 0.6 is 11.3 Å². The smallest absolute Gasteiger partial charge is 0.246 e. The van der Waals surface area contributed by atoms with Gasteiger partial charge in [-0.3, -0.25) is 0 Å². The van der Waals surface area contributed by atoms with Gasteiger partial charge in [-0.05, 0) is 52.5 Å². The molecular formula is C21H26N6O4S2. The molecule has 0 radical (unpaired) electrons. The van der Waals surface area contributed by atoms with Gasteiger partial charge in [0.15, 0.2) is 0 Å². The average Bonchev–Trinajstić information content (AvgIpc) is 3.32. The lowest BCUT2D eigenvalue weighted by atomic mass is 9.94. The summed E-state index contributed by atoms with van der Waals surface area (Å²) in [5.41, 5.74) is 1.01. The van der Waals surface area contributed by atoms with Crippen LogP contribution in [-0.2, 0) is 15.4 Å². The number of sulfonamides is 1. The molecule has 0 bridgehead atoms. The Balaban J connectivity index is 1.76. The summed E-state index contributed by atoms with van der Waals surface area (Å²) < 4.78 is 36.1. The first-order valence-electron chi connectivity index (χ1n) is 10.6. The highest BCUT2D eigenvalue weighted by Crippen LogP contribution is 2.34. The number of rotatable bonds is 6. The van der Waals surface area contributed by atoms with E-state index in [-0.39, 0.29) is 22.9 Å². The molecule has 0 saturated heterocycles. The summed E-state index contributed by atoms with van der Waals surface area (Å²) in [5, 5.41) is 24.4. The van der Waals surface area contributed by atoms with Gasteiger partial charge in [0.1, 0.15) is 15.3 Å². The molecule has 0 aliphatic heterocycles. The van der Waals surface area contributed by atoms with E-state index in [4.69, 9.17) is 4.74 Å². The Bertz CT molecular complexity index is 1330. The number of fused-ring (bicyclic) bond motifs is 1. The second-order valence-electron chi connectivity index (χ2n) is 8.74. The van der Waals surface area contributed by atoms with Crippen molar-refractivity contribution in [2.24, 2.45) is 0 Å². The first kappa shape index (κ1) is 23.6. The molecule has 3 aromatic rings. The van der Waals surface area contributed by atoms with Crippen molar-refractivity contribution in [3.8, 4) is 23.2 Å². The van der Waals surface area contributed by atoms with Crippen LogP contribution in [0.4, 0.5) is 0 Å². The molecule has 0 unspecified atom stereocenters. The van der Waals surface area contributed by atoms with Crippen LogP contribution < -0.4 is 9.46 Å². The number of ether oxygens (including phenoxy) is 1. The number of aliphatic hydroxyl groups is 1. The molecule has 10 nitrogen and oxygen atoms in total. The summed E-state index contributed by atoms with van der Waals surface area (Å²) in [4.78, 5) is 9.34. The number of nitriles is 1. The molecule has 3 heterocycles. The largest absolute Gasteiger partial charge is 0.480 e. The predicted molar refractivity (Wildman–Crippen MR) is 123 cm³/mol. The SMILES string of the molecule is COc1ncc(-c2c(C)nc3sc(C(C)(C)C#N)nn23)cc1S(=O)(=O)N[C@H]1CC[C@@H](O)CC1. The van der Waals surface area contributed by atoms with Crippen LogP contribution in [0.25, 0.3) is 16.2 Å². The van der Waals surface area contributed by atoms with Crippen LogP contribution in [0.5, 0.6) is 5.88 Å². The maximum Gasteiger partial charge on any atom is 0.246 e. The third-order valence-corrected chi connectivity index (χ3v) is 8.53. The molecule has 2 N–H and O–H groups in total. The van der Waals surface area contributed by atoms with Gasteiger partial charge in [-0.1, -0.05) is 11.3 Å². The highest BCUT2D eigenvalue weighted by atomic mass is 32.2. The molecule has 33 heavy (non-hydrogen) atoms. The number of nitrogens with zero attached hydrogens (tertiary/aromatic N) is 5. The van der Waals surface area contributed by atoms with Crippen LogP contribution in [0.15, 0.2) is 17.2 Å². The zero-order valence-corrected chi connectivity index (χ0v) is 20.5. The van der Waals surface area contributed by atoms with Crippen LogP contribution in [0.3, 0.4) is 0 Å². The first-order chi connectivity index (χ1) is 15.6. The summed E-state index contributed by atoms with van der Waals surface area (Å²) in [5.74, 6) is -0.00918. The molecule has 1 aliphatic carbocycles. The molecule has 0 aromatic carbocycles. The van der Waals surface area contributed by atoms with Gasteiger partial charge in [0.25, 0.3) is 0 Å². The van der Waals surface area contributed by atoms with Gasteiger partial charge < -0.3 is 9.84 Å². The number of hydrogen-bond donors (Lipinski definition) is 2. The number of pyridine rings is 1. The minimum atomic E-state index is -3.93. The van der Waals surface area contributed by atoms with Crippen molar-refractivity contribution in [1.29, 1.82) is 5.26 Å². The van der Waals surface area contributed by atoms with Crippen molar-refractivity contribution in [2.75, 3.05) is 7.11 Å². The molecule has 0 amide bonds.